The van der Waals surface area contributed by atoms with E-state index in [1.807, 2.05) is 7.05 Å². The minimum absolute atomic E-state index is 0.315. The molecule has 0 spiro atoms. The first-order valence-corrected chi connectivity index (χ1v) is 4.22. The predicted octanol–water partition coefficient (Wildman–Crippen LogP) is 1.61. The Bertz CT molecular complexity index is 271. The van der Waals surface area contributed by atoms with E-state index in [9.17, 15) is 4.79 Å². The van der Waals surface area contributed by atoms with Gasteiger partial charge in [0, 0.05) is 4.90 Å². The van der Waals surface area contributed by atoms with Crippen LogP contribution in [0.5, 0.6) is 0 Å². The Hall–Kier alpha value is -1.00. The van der Waals surface area contributed by atoms with Gasteiger partial charge < -0.3 is 5.11 Å². The molecule has 0 atom stereocenters. The molecule has 1 aromatic carbocycles. The molecule has 0 saturated carbocycles. The van der Waals surface area contributed by atoms with Gasteiger partial charge in [-0.1, -0.05) is 0 Å². The summed E-state index contributed by atoms with van der Waals surface area (Å²) in [4.78, 5) is 11.4. The molecule has 0 bridgehead atoms. The maximum atomic E-state index is 10.4. The number of benzene rings is 1. The zero-order valence-electron chi connectivity index (χ0n) is 6.57. The van der Waals surface area contributed by atoms with Crippen LogP contribution in [0.2, 0.25) is 0 Å². The second-order valence-electron chi connectivity index (χ2n) is 2.14. The van der Waals surface area contributed by atoms with E-state index in [2.05, 4.69) is 4.72 Å². The van der Waals surface area contributed by atoms with E-state index in [-0.39, 0.29) is 0 Å². The SMILES string of the molecule is CNSc1ccc(C(=O)O)cc1. The second-order valence-corrected chi connectivity index (χ2v) is 3.22. The molecular weight excluding hydrogens is 174 g/mol. The number of carboxylic acids is 1. The molecule has 0 aromatic heterocycles. The van der Waals surface area contributed by atoms with E-state index >= 15 is 0 Å². The van der Waals surface area contributed by atoms with E-state index in [0.29, 0.717) is 5.56 Å². The third-order valence-electron chi connectivity index (χ3n) is 1.32. The van der Waals surface area contributed by atoms with Gasteiger partial charge in [0.15, 0.2) is 0 Å². The summed E-state index contributed by atoms with van der Waals surface area (Å²) in [5.74, 6) is -0.893. The fraction of sp³-hybridized carbons (Fsp3) is 0.125. The highest BCUT2D eigenvalue weighted by molar-refractivity contribution is 7.97. The van der Waals surface area contributed by atoms with Gasteiger partial charge in [-0.15, -0.1) is 0 Å². The highest BCUT2D eigenvalue weighted by Crippen LogP contribution is 2.14. The van der Waals surface area contributed by atoms with Gasteiger partial charge >= 0.3 is 5.97 Å². The molecule has 0 heterocycles. The number of carboxylic acid groups (broad SMARTS) is 1. The summed E-state index contributed by atoms with van der Waals surface area (Å²) in [6.07, 6.45) is 0. The maximum Gasteiger partial charge on any atom is 0.335 e. The van der Waals surface area contributed by atoms with Gasteiger partial charge in [0.1, 0.15) is 0 Å². The Morgan fingerprint density at radius 2 is 2.00 bits per heavy atom. The topological polar surface area (TPSA) is 49.3 Å². The van der Waals surface area contributed by atoms with E-state index in [4.69, 9.17) is 5.11 Å². The quantitative estimate of drug-likeness (QED) is 0.699. The first-order valence-electron chi connectivity index (χ1n) is 3.41. The minimum Gasteiger partial charge on any atom is -0.478 e. The summed E-state index contributed by atoms with van der Waals surface area (Å²) in [6.45, 7) is 0. The van der Waals surface area contributed by atoms with Crippen LogP contribution in [0.1, 0.15) is 10.4 Å². The van der Waals surface area contributed by atoms with Gasteiger partial charge in [0.25, 0.3) is 0 Å². The third-order valence-corrected chi connectivity index (χ3v) is 2.03. The van der Waals surface area contributed by atoms with Crippen LogP contribution in [0.4, 0.5) is 0 Å². The second kappa shape index (κ2) is 4.13. The normalized spacial score (nSPS) is 9.75. The first kappa shape index (κ1) is 9.09. The molecule has 0 unspecified atom stereocenters. The van der Waals surface area contributed by atoms with Crippen molar-refractivity contribution in [3.63, 3.8) is 0 Å². The molecule has 1 aromatic rings. The summed E-state index contributed by atoms with van der Waals surface area (Å²) in [7, 11) is 1.82. The van der Waals surface area contributed by atoms with Gasteiger partial charge in [-0.3, -0.25) is 4.72 Å². The highest BCUT2D eigenvalue weighted by atomic mass is 32.2. The van der Waals surface area contributed by atoms with Crippen molar-refractivity contribution in [1.82, 2.24) is 4.72 Å². The number of hydrogen-bond donors (Lipinski definition) is 2. The van der Waals surface area contributed by atoms with Crippen molar-refractivity contribution in [3.05, 3.63) is 29.8 Å². The van der Waals surface area contributed by atoms with Crippen LogP contribution in [-0.2, 0) is 0 Å². The lowest BCUT2D eigenvalue weighted by Gasteiger charge is -1.98. The molecule has 0 fully saturated rings. The Balaban J connectivity index is 2.78. The number of rotatable bonds is 3. The molecular formula is C8H9NO2S. The Morgan fingerprint density at radius 3 is 2.42 bits per heavy atom. The Kier molecular flexibility index (Phi) is 3.13. The van der Waals surface area contributed by atoms with Gasteiger partial charge in [-0.05, 0) is 43.3 Å². The van der Waals surface area contributed by atoms with Crippen molar-refractivity contribution in [3.8, 4) is 0 Å². The molecule has 4 heteroatoms. The average molecular weight is 183 g/mol. The largest absolute Gasteiger partial charge is 0.478 e. The molecule has 3 nitrogen and oxygen atoms in total. The van der Waals surface area contributed by atoms with Crippen LogP contribution >= 0.6 is 11.9 Å². The standard InChI is InChI=1S/C8H9NO2S/c1-9-12-7-4-2-6(3-5-7)8(10)11/h2-5,9H,1H3,(H,10,11). The van der Waals surface area contributed by atoms with Crippen LogP contribution in [-0.4, -0.2) is 18.1 Å². The van der Waals surface area contributed by atoms with Crippen molar-refractivity contribution < 1.29 is 9.90 Å². The van der Waals surface area contributed by atoms with E-state index in [0.717, 1.165) is 4.90 Å². The van der Waals surface area contributed by atoms with Gasteiger partial charge in [0.05, 0.1) is 5.56 Å². The fourth-order valence-corrected chi connectivity index (χ4v) is 1.29. The van der Waals surface area contributed by atoms with Crippen LogP contribution < -0.4 is 4.72 Å². The number of hydrogen-bond acceptors (Lipinski definition) is 3. The molecule has 12 heavy (non-hydrogen) atoms. The smallest absolute Gasteiger partial charge is 0.335 e. The lowest BCUT2D eigenvalue weighted by Crippen LogP contribution is -1.96. The van der Waals surface area contributed by atoms with Crippen LogP contribution in [0.3, 0.4) is 0 Å². The molecule has 0 aliphatic heterocycles. The number of carbonyl (C=O) groups is 1. The van der Waals surface area contributed by atoms with Crippen molar-refractivity contribution >= 4 is 17.9 Å². The number of nitrogens with one attached hydrogen (secondary N) is 1. The lowest BCUT2D eigenvalue weighted by atomic mass is 10.2. The first-order chi connectivity index (χ1) is 5.74. The van der Waals surface area contributed by atoms with E-state index in [1.165, 1.54) is 11.9 Å². The van der Waals surface area contributed by atoms with E-state index < -0.39 is 5.97 Å². The van der Waals surface area contributed by atoms with Crippen molar-refractivity contribution in [2.24, 2.45) is 0 Å². The minimum atomic E-state index is -0.893. The fourth-order valence-electron chi connectivity index (χ4n) is 0.783. The maximum absolute atomic E-state index is 10.4. The Morgan fingerprint density at radius 1 is 1.42 bits per heavy atom. The summed E-state index contributed by atoms with van der Waals surface area (Å²) in [5.41, 5.74) is 0.315. The molecule has 0 radical (unpaired) electrons. The van der Waals surface area contributed by atoms with Crippen LogP contribution in [0.15, 0.2) is 29.2 Å². The molecule has 0 amide bonds. The Labute approximate surface area is 74.9 Å². The molecule has 2 N–H and O–H groups in total. The molecule has 0 saturated heterocycles. The van der Waals surface area contributed by atoms with Crippen LogP contribution in [0.25, 0.3) is 0 Å². The predicted molar refractivity (Wildman–Crippen MR) is 48.3 cm³/mol. The summed E-state index contributed by atoms with van der Waals surface area (Å²) < 4.78 is 2.90. The zero-order chi connectivity index (χ0) is 8.97. The molecule has 1 rings (SSSR count). The molecule has 0 aliphatic carbocycles. The number of aromatic carboxylic acids is 1. The van der Waals surface area contributed by atoms with Gasteiger partial charge in [-0.2, -0.15) is 0 Å². The third kappa shape index (κ3) is 2.25. The monoisotopic (exact) mass is 183 g/mol. The van der Waals surface area contributed by atoms with Gasteiger partial charge in [-0.25, -0.2) is 4.79 Å². The summed E-state index contributed by atoms with van der Waals surface area (Å²) in [5, 5.41) is 8.58. The lowest BCUT2D eigenvalue weighted by molar-refractivity contribution is 0.0697. The van der Waals surface area contributed by atoms with Crippen molar-refractivity contribution in [1.29, 1.82) is 0 Å². The molecule has 64 valence electrons. The molecule has 0 aliphatic rings. The average Bonchev–Trinajstić information content (AvgIpc) is 2.06. The van der Waals surface area contributed by atoms with Crippen LogP contribution in [0, 0.1) is 0 Å². The van der Waals surface area contributed by atoms with E-state index in [1.54, 1.807) is 24.3 Å². The zero-order valence-corrected chi connectivity index (χ0v) is 7.39. The van der Waals surface area contributed by atoms with Crippen molar-refractivity contribution in [2.45, 2.75) is 4.90 Å². The summed E-state index contributed by atoms with van der Waals surface area (Å²) >= 11 is 1.45. The van der Waals surface area contributed by atoms with Gasteiger partial charge in [0.2, 0.25) is 0 Å². The summed E-state index contributed by atoms with van der Waals surface area (Å²) in [6, 6.07) is 6.71. The highest BCUT2D eigenvalue weighted by Gasteiger charge is 2.00. The van der Waals surface area contributed by atoms with Crippen molar-refractivity contribution in [2.75, 3.05) is 7.05 Å².